The molecule has 1 atom stereocenters. The van der Waals surface area contributed by atoms with Crippen LogP contribution in [0.25, 0.3) is 0 Å². The van der Waals surface area contributed by atoms with E-state index in [9.17, 15) is 0 Å². The molecule has 0 aromatic heterocycles. The maximum atomic E-state index is 5.84. The van der Waals surface area contributed by atoms with Crippen molar-refractivity contribution in [2.75, 3.05) is 7.11 Å². The van der Waals surface area contributed by atoms with Crippen LogP contribution < -0.4 is 10.5 Å². The van der Waals surface area contributed by atoms with E-state index in [2.05, 4.69) is 32.0 Å². The van der Waals surface area contributed by atoms with Gasteiger partial charge in [0.25, 0.3) is 0 Å². The van der Waals surface area contributed by atoms with Crippen molar-refractivity contribution in [1.29, 1.82) is 0 Å². The molecule has 0 aliphatic rings. The van der Waals surface area contributed by atoms with E-state index in [4.69, 9.17) is 10.5 Å². The van der Waals surface area contributed by atoms with Crippen molar-refractivity contribution in [2.45, 2.75) is 32.7 Å². The molecule has 0 radical (unpaired) electrons. The summed E-state index contributed by atoms with van der Waals surface area (Å²) in [5.41, 5.74) is 8.19. The first-order valence-corrected chi connectivity index (χ1v) is 4.99. The van der Waals surface area contributed by atoms with E-state index in [-0.39, 0.29) is 6.04 Å². The van der Waals surface area contributed by atoms with E-state index in [1.165, 1.54) is 5.56 Å². The normalized spacial score (nSPS) is 13.0. The maximum absolute atomic E-state index is 5.84. The van der Waals surface area contributed by atoms with Gasteiger partial charge >= 0.3 is 0 Å². The molecular formula is C12H19NO. The third kappa shape index (κ3) is 2.26. The third-order valence-electron chi connectivity index (χ3n) is 2.41. The lowest BCUT2D eigenvalue weighted by Crippen LogP contribution is -2.07. The minimum Gasteiger partial charge on any atom is -0.496 e. The van der Waals surface area contributed by atoms with Gasteiger partial charge in [-0.15, -0.1) is 0 Å². The molecule has 1 aromatic rings. The number of ether oxygens (including phenoxy) is 1. The van der Waals surface area contributed by atoms with Crippen molar-refractivity contribution in [3.63, 3.8) is 0 Å². The van der Waals surface area contributed by atoms with Crippen LogP contribution in [0.15, 0.2) is 18.2 Å². The van der Waals surface area contributed by atoms with Crippen molar-refractivity contribution in [2.24, 2.45) is 5.73 Å². The molecule has 2 heteroatoms. The maximum Gasteiger partial charge on any atom is 0.123 e. The summed E-state index contributed by atoms with van der Waals surface area (Å²) in [6.45, 7) is 6.30. The van der Waals surface area contributed by atoms with Crippen LogP contribution >= 0.6 is 0 Å². The van der Waals surface area contributed by atoms with Crippen LogP contribution in [-0.4, -0.2) is 7.11 Å². The second-order valence-corrected chi connectivity index (χ2v) is 3.94. The van der Waals surface area contributed by atoms with Gasteiger partial charge in [-0.3, -0.25) is 0 Å². The molecule has 0 heterocycles. The quantitative estimate of drug-likeness (QED) is 0.801. The number of nitrogens with two attached hydrogens (primary N) is 1. The molecule has 2 nitrogen and oxygen atoms in total. The van der Waals surface area contributed by atoms with Gasteiger partial charge in [-0.05, 0) is 24.5 Å². The van der Waals surface area contributed by atoms with E-state index < -0.39 is 0 Å². The van der Waals surface area contributed by atoms with Gasteiger partial charge in [0.15, 0.2) is 0 Å². The van der Waals surface area contributed by atoms with Gasteiger partial charge in [0, 0.05) is 11.6 Å². The molecular weight excluding hydrogens is 174 g/mol. The second-order valence-electron chi connectivity index (χ2n) is 3.94. The second kappa shape index (κ2) is 4.47. The molecule has 1 unspecified atom stereocenters. The van der Waals surface area contributed by atoms with E-state index >= 15 is 0 Å². The SMILES string of the molecule is COc1cc(C(C)C)ccc1C(C)N. The zero-order valence-electron chi connectivity index (χ0n) is 9.37. The molecule has 0 saturated heterocycles. The van der Waals surface area contributed by atoms with Crippen LogP contribution in [-0.2, 0) is 0 Å². The van der Waals surface area contributed by atoms with Gasteiger partial charge < -0.3 is 10.5 Å². The summed E-state index contributed by atoms with van der Waals surface area (Å²) < 4.78 is 5.32. The summed E-state index contributed by atoms with van der Waals surface area (Å²) in [6.07, 6.45) is 0. The zero-order chi connectivity index (χ0) is 10.7. The van der Waals surface area contributed by atoms with E-state index in [1.54, 1.807) is 7.11 Å². The first-order chi connectivity index (χ1) is 6.56. The fourth-order valence-electron chi connectivity index (χ4n) is 1.46. The highest BCUT2D eigenvalue weighted by atomic mass is 16.5. The van der Waals surface area contributed by atoms with Crippen molar-refractivity contribution >= 4 is 0 Å². The molecule has 0 amide bonds. The van der Waals surface area contributed by atoms with Crippen LogP contribution in [0.1, 0.15) is 43.9 Å². The van der Waals surface area contributed by atoms with Crippen molar-refractivity contribution in [1.82, 2.24) is 0 Å². The average Bonchev–Trinajstić information content (AvgIpc) is 2.16. The highest BCUT2D eigenvalue weighted by Crippen LogP contribution is 2.27. The molecule has 2 N–H and O–H groups in total. The Morgan fingerprint density at radius 3 is 2.29 bits per heavy atom. The summed E-state index contributed by atoms with van der Waals surface area (Å²) >= 11 is 0. The predicted molar refractivity (Wildman–Crippen MR) is 59.7 cm³/mol. The van der Waals surface area contributed by atoms with Crippen LogP contribution in [0.4, 0.5) is 0 Å². The summed E-state index contributed by atoms with van der Waals surface area (Å²) in [5, 5.41) is 0. The molecule has 78 valence electrons. The van der Waals surface area contributed by atoms with Crippen molar-refractivity contribution in [3.8, 4) is 5.75 Å². The highest BCUT2D eigenvalue weighted by molar-refractivity contribution is 5.40. The fourth-order valence-corrected chi connectivity index (χ4v) is 1.46. The van der Waals surface area contributed by atoms with E-state index in [0.717, 1.165) is 11.3 Å². The summed E-state index contributed by atoms with van der Waals surface area (Å²) in [5.74, 6) is 1.41. The van der Waals surface area contributed by atoms with Gasteiger partial charge in [0.1, 0.15) is 5.75 Å². The molecule has 0 aliphatic heterocycles. The minimum absolute atomic E-state index is 0.0196. The lowest BCUT2D eigenvalue weighted by molar-refractivity contribution is 0.406. The Balaban J connectivity index is 3.11. The number of hydrogen-bond donors (Lipinski definition) is 1. The number of benzene rings is 1. The predicted octanol–water partition coefficient (Wildman–Crippen LogP) is 2.84. The fraction of sp³-hybridized carbons (Fsp3) is 0.500. The zero-order valence-corrected chi connectivity index (χ0v) is 9.37. The van der Waals surface area contributed by atoms with Crippen LogP contribution in [0.2, 0.25) is 0 Å². The Hall–Kier alpha value is -1.02. The Morgan fingerprint density at radius 1 is 1.21 bits per heavy atom. The minimum atomic E-state index is 0.0196. The van der Waals surface area contributed by atoms with Crippen molar-refractivity contribution < 1.29 is 4.74 Å². The Bertz CT molecular complexity index is 305. The largest absolute Gasteiger partial charge is 0.496 e. The van der Waals surface area contributed by atoms with Crippen LogP contribution in [0.5, 0.6) is 5.75 Å². The molecule has 1 aromatic carbocycles. The summed E-state index contributed by atoms with van der Waals surface area (Å²) in [7, 11) is 1.69. The number of rotatable bonds is 3. The average molecular weight is 193 g/mol. The third-order valence-corrected chi connectivity index (χ3v) is 2.41. The smallest absolute Gasteiger partial charge is 0.123 e. The van der Waals surface area contributed by atoms with Gasteiger partial charge in [-0.1, -0.05) is 26.0 Å². The van der Waals surface area contributed by atoms with E-state index in [0.29, 0.717) is 5.92 Å². The molecule has 0 spiro atoms. The van der Waals surface area contributed by atoms with E-state index in [1.807, 2.05) is 6.92 Å². The topological polar surface area (TPSA) is 35.2 Å². The molecule has 0 bridgehead atoms. The standard InChI is InChI=1S/C12H19NO/c1-8(2)10-5-6-11(9(3)13)12(7-10)14-4/h5-9H,13H2,1-4H3. The number of hydrogen-bond acceptors (Lipinski definition) is 2. The van der Waals surface area contributed by atoms with Crippen LogP contribution in [0.3, 0.4) is 0 Å². The monoisotopic (exact) mass is 193 g/mol. The summed E-state index contributed by atoms with van der Waals surface area (Å²) in [6, 6.07) is 6.26. The van der Waals surface area contributed by atoms with Gasteiger partial charge in [0.2, 0.25) is 0 Å². The van der Waals surface area contributed by atoms with Crippen LogP contribution in [0, 0.1) is 0 Å². The van der Waals surface area contributed by atoms with Gasteiger partial charge in [0.05, 0.1) is 7.11 Å². The van der Waals surface area contributed by atoms with Gasteiger partial charge in [-0.2, -0.15) is 0 Å². The molecule has 0 aliphatic carbocycles. The highest BCUT2D eigenvalue weighted by Gasteiger charge is 2.09. The first kappa shape index (κ1) is 11.1. The Labute approximate surface area is 86.1 Å². The van der Waals surface area contributed by atoms with Crippen molar-refractivity contribution in [3.05, 3.63) is 29.3 Å². The Kier molecular flexibility index (Phi) is 3.53. The lowest BCUT2D eigenvalue weighted by Gasteiger charge is -2.14. The molecule has 1 rings (SSSR count). The molecule has 0 fully saturated rings. The molecule has 14 heavy (non-hydrogen) atoms. The Morgan fingerprint density at radius 2 is 1.86 bits per heavy atom. The van der Waals surface area contributed by atoms with Gasteiger partial charge in [-0.25, -0.2) is 0 Å². The summed E-state index contributed by atoms with van der Waals surface area (Å²) in [4.78, 5) is 0. The number of methoxy groups -OCH3 is 1. The molecule has 0 saturated carbocycles. The lowest BCUT2D eigenvalue weighted by atomic mass is 9.99. The first-order valence-electron chi connectivity index (χ1n) is 4.99.